The van der Waals surface area contributed by atoms with Crippen molar-refractivity contribution >= 4 is 11.6 Å². The molecule has 0 amide bonds. The van der Waals surface area contributed by atoms with Crippen LogP contribution in [0.3, 0.4) is 0 Å². The van der Waals surface area contributed by atoms with Crippen molar-refractivity contribution in [3.63, 3.8) is 0 Å². The molecule has 2 atom stereocenters. The highest BCUT2D eigenvalue weighted by Gasteiger charge is 2.30. The molecule has 1 aromatic rings. The van der Waals surface area contributed by atoms with Crippen molar-refractivity contribution in [3.05, 3.63) is 35.4 Å². The standard InChI is InChI=1S/C13H16ClF3/c1-3-9(2)12(14)8-10-4-6-11(7-5-10)13(15,16)17/h4-7,9,12H,3,8H2,1-2H3. The Morgan fingerprint density at radius 2 is 1.71 bits per heavy atom. The number of rotatable bonds is 4. The second-order valence-corrected chi connectivity index (χ2v) is 4.86. The summed E-state index contributed by atoms with van der Waals surface area (Å²) in [6.45, 7) is 4.09. The summed E-state index contributed by atoms with van der Waals surface area (Å²) in [5.74, 6) is 0.360. The summed E-state index contributed by atoms with van der Waals surface area (Å²) >= 11 is 6.17. The van der Waals surface area contributed by atoms with E-state index in [-0.39, 0.29) is 5.38 Å². The molecule has 0 aliphatic heterocycles. The molecule has 4 heteroatoms. The molecule has 0 heterocycles. The molecule has 0 fully saturated rings. The molecule has 0 bridgehead atoms. The van der Waals surface area contributed by atoms with Crippen molar-refractivity contribution < 1.29 is 13.2 Å². The lowest BCUT2D eigenvalue weighted by Crippen LogP contribution is -2.13. The Bertz CT molecular complexity index is 343. The molecule has 0 aliphatic rings. The minimum absolute atomic E-state index is 0.0308. The second kappa shape index (κ2) is 5.76. The van der Waals surface area contributed by atoms with Gasteiger partial charge in [-0.15, -0.1) is 11.6 Å². The van der Waals surface area contributed by atoms with Gasteiger partial charge in [0.05, 0.1) is 5.56 Å². The maximum absolute atomic E-state index is 12.3. The first-order chi connectivity index (χ1) is 7.84. The highest BCUT2D eigenvalue weighted by atomic mass is 35.5. The molecule has 96 valence electrons. The highest BCUT2D eigenvalue weighted by molar-refractivity contribution is 6.20. The van der Waals surface area contributed by atoms with E-state index in [1.165, 1.54) is 12.1 Å². The van der Waals surface area contributed by atoms with Crippen LogP contribution in [0, 0.1) is 5.92 Å². The lowest BCUT2D eigenvalue weighted by Gasteiger charge is -2.16. The van der Waals surface area contributed by atoms with E-state index in [0.29, 0.717) is 12.3 Å². The first-order valence-electron chi connectivity index (χ1n) is 5.64. The van der Waals surface area contributed by atoms with E-state index in [0.717, 1.165) is 24.1 Å². The topological polar surface area (TPSA) is 0 Å². The molecule has 1 rings (SSSR count). The third-order valence-corrected chi connectivity index (χ3v) is 3.56. The van der Waals surface area contributed by atoms with Crippen LogP contribution < -0.4 is 0 Å². The van der Waals surface area contributed by atoms with Crippen LogP contribution in [0.1, 0.15) is 31.4 Å². The van der Waals surface area contributed by atoms with E-state index < -0.39 is 11.7 Å². The minimum atomic E-state index is -4.27. The van der Waals surface area contributed by atoms with Crippen molar-refractivity contribution in [1.82, 2.24) is 0 Å². The largest absolute Gasteiger partial charge is 0.416 e. The Labute approximate surface area is 105 Å². The summed E-state index contributed by atoms with van der Waals surface area (Å²) in [7, 11) is 0. The average Bonchev–Trinajstić information content (AvgIpc) is 2.27. The SMILES string of the molecule is CCC(C)C(Cl)Cc1ccc(C(F)(F)F)cc1. The zero-order valence-corrected chi connectivity index (χ0v) is 10.6. The summed E-state index contributed by atoms with van der Waals surface area (Å²) in [5.41, 5.74) is 0.231. The zero-order chi connectivity index (χ0) is 13.1. The summed E-state index contributed by atoms with van der Waals surface area (Å²) in [6.07, 6.45) is -2.70. The number of hydrogen-bond donors (Lipinski definition) is 0. The Balaban J connectivity index is 2.69. The van der Waals surface area contributed by atoms with Gasteiger partial charge >= 0.3 is 6.18 Å². The van der Waals surface area contributed by atoms with Gasteiger partial charge in [0.15, 0.2) is 0 Å². The van der Waals surface area contributed by atoms with E-state index in [2.05, 4.69) is 0 Å². The fourth-order valence-electron chi connectivity index (χ4n) is 1.51. The maximum Gasteiger partial charge on any atom is 0.416 e. The third kappa shape index (κ3) is 4.23. The Kier molecular flexibility index (Phi) is 4.87. The van der Waals surface area contributed by atoms with Crippen LogP contribution in [0.15, 0.2) is 24.3 Å². The number of alkyl halides is 4. The molecule has 1 aromatic carbocycles. The number of hydrogen-bond acceptors (Lipinski definition) is 0. The first-order valence-corrected chi connectivity index (χ1v) is 6.08. The molecule has 0 spiro atoms. The van der Waals surface area contributed by atoms with Gasteiger partial charge in [0, 0.05) is 5.38 Å². The predicted molar refractivity (Wildman–Crippen MR) is 64.2 cm³/mol. The lowest BCUT2D eigenvalue weighted by molar-refractivity contribution is -0.137. The fourth-order valence-corrected chi connectivity index (χ4v) is 1.87. The smallest absolute Gasteiger partial charge is 0.166 e. The van der Waals surface area contributed by atoms with Crippen LogP contribution in [0.25, 0.3) is 0 Å². The van der Waals surface area contributed by atoms with Gasteiger partial charge in [-0.1, -0.05) is 32.4 Å². The van der Waals surface area contributed by atoms with Crippen LogP contribution in [-0.2, 0) is 12.6 Å². The van der Waals surface area contributed by atoms with Crippen LogP contribution in [0.5, 0.6) is 0 Å². The summed E-state index contributed by atoms with van der Waals surface area (Å²) < 4.78 is 37.0. The summed E-state index contributed by atoms with van der Waals surface area (Å²) in [6, 6.07) is 5.21. The molecular weight excluding hydrogens is 249 g/mol. The van der Waals surface area contributed by atoms with Crippen LogP contribution in [0.2, 0.25) is 0 Å². The van der Waals surface area contributed by atoms with Crippen molar-refractivity contribution in [3.8, 4) is 0 Å². The molecule has 0 nitrogen and oxygen atoms in total. The van der Waals surface area contributed by atoms with Gasteiger partial charge in [-0.25, -0.2) is 0 Å². The maximum atomic E-state index is 12.3. The predicted octanol–water partition coefficient (Wildman–Crippen LogP) is 4.90. The molecular formula is C13H16ClF3. The minimum Gasteiger partial charge on any atom is -0.166 e. The molecule has 0 radical (unpaired) electrons. The van der Waals surface area contributed by atoms with E-state index in [1.807, 2.05) is 13.8 Å². The van der Waals surface area contributed by atoms with Crippen molar-refractivity contribution in [2.45, 2.75) is 38.2 Å². The molecule has 2 unspecified atom stereocenters. The Morgan fingerprint density at radius 1 is 1.18 bits per heavy atom. The number of halogens is 4. The monoisotopic (exact) mass is 264 g/mol. The zero-order valence-electron chi connectivity index (χ0n) is 9.89. The Morgan fingerprint density at radius 3 is 2.12 bits per heavy atom. The van der Waals surface area contributed by atoms with Gasteiger partial charge in [-0.2, -0.15) is 13.2 Å². The quantitative estimate of drug-likeness (QED) is 0.679. The lowest BCUT2D eigenvalue weighted by atomic mass is 9.98. The van der Waals surface area contributed by atoms with Gasteiger partial charge in [-0.3, -0.25) is 0 Å². The van der Waals surface area contributed by atoms with Gasteiger partial charge in [0.2, 0.25) is 0 Å². The number of benzene rings is 1. The van der Waals surface area contributed by atoms with Crippen LogP contribution in [0.4, 0.5) is 13.2 Å². The Hall–Kier alpha value is -0.700. The molecule has 17 heavy (non-hydrogen) atoms. The van der Waals surface area contributed by atoms with Crippen LogP contribution in [-0.4, -0.2) is 5.38 Å². The van der Waals surface area contributed by atoms with Gasteiger partial charge in [0.25, 0.3) is 0 Å². The second-order valence-electron chi connectivity index (χ2n) is 4.30. The summed E-state index contributed by atoms with van der Waals surface area (Å²) in [5, 5.41) is -0.0308. The average molecular weight is 265 g/mol. The van der Waals surface area contributed by atoms with Crippen molar-refractivity contribution in [2.75, 3.05) is 0 Å². The van der Waals surface area contributed by atoms with Gasteiger partial charge in [0.1, 0.15) is 0 Å². The van der Waals surface area contributed by atoms with Gasteiger partial charge < -0.3 is 0 Å². The molecule has 0 N–H and O–H groups in total. The molecule has 0 saturated carbocycles. The molecule has 0 aromatic heterocycles. The van der Waals surface area contributed by atoms with E-state index in [1.54, 1.807) is 0 Å². The molecule has 0 aliphatic carbocycles. The van der Waals surface area contributed by atoms with E-state index in [9.17, 15) is 13.2 Å². The fraction of sp³-hybridized carbons (Fsp3) is 0.538. The first kappa shape index (κ1) is 14.4. The van der Waals surface area contributed by atoms with Crippen LogP contribution >= 0.6 is 11.6 Å². The molecule has 0 saturated heterocycles. The summed E-state index contributed by atoms with van der Waals surface area (Å²) in [4.78, 5) is 0. The highest BCUT2D eigenvalue weighted by Crippen LogP contribution is 2.29. The van der Waals surface area contributed by atoms with Crippen molar-refractivity contribution in [1.29, 1.82) is 0 Å². The normalized spacial score (nSPS) is 15.6. The van der Waals surface area contributed by atoms with E-state index in [4.69, 9.17) is 11.6 Å². The van der Waals surface area contributed by atoms with Gasteiger partial charge in [-0.05, 0) is 30.0 Å². The van der Waals surface area contributed by atoms with Crippen molar-refractivity contribution in [2.24, 2.45) is 5.92 Å². The van der Waals surface area contributed by atoms with E-state index >= 15 is 0 Å². The third-order valence-electron chi connectivity index (χ3n) is 2.97.